The number of benzene rings is 3. The molecule has 27 heavy (non-hydrogen) atoms. The van der Waals surface area contributed by atoms with E-state index in [1.54, 1.807) is 42.5 Å². The molecule has 0 unspecified atom stereocenters. The van der Waals surface area contributed by atoms with Crippen LogP contribution >= 0.6 is 11.6 Å². The Balaban J connectivity index is 1.72. The van der Waals surface area contributed by atoms with Crippen LogP contribution in [0, 0.1) is 11.6 Å². The van der Waals surface area contributed by atoms with Gasteiger partial charge in [-0.2, -0.15) is 0 Å². The Morgan fingerprint density at radius 1 is 1.00 bits per heavy atom. The lowest BCUT2D eigenvalue weighted by Gasteiger charge is -2.09. The van der Waals surface area contributed by atoms with Crippen molar-refractivity contribution in [2.75, 3.05) is 7.11 Å². The zero-order valence-corrected chi connectivity index (χ0v) is 15.1. The first-order valence-corrected chi connectivity index (χ1v) is 8.41. The number of esters is 1. The summed E-state index contributed by atoms with van der Waals surface area (Å²) in [6.07, 6.45) is 0. The van der Waals surface area contributed by atoms with Crippen LogP contribution in [0.2, 0.25) is 5.02 Å². The molecule has 0 atom stereocenters. The quantitative estimate of drug-likeness (QED) is 0.418. The van der Waals surface area contributed by atoms with Crippen molar-refractivity contribution in [2.24, 2.45) is 0 Å². The topological polar surface area (TPSA) is 35.5 Å². The van der Waals surface area contributed by atoms with Gasteiger partial charge in [0.15, 0.2) is 11.6 Å². The Kier molecular flexibility index (Phi) is 5.72. The van der Waals surface area contributed by atoms with Crippen molar-refractivity contribution in [2.45, 2.75) is 6.61 Å². The van der Waals surface area contributed by atoms with Crippen LogP contribution in [-0.4, -0.2) is 13.1 Å². The Morgan fingerprint density at radius 2 is 1.70 bits per heavy atom. The summed E-state index contributed by atoms with van der Waals surface area (Å²) in [5.74, 6) is -1.77. The molecule has 6 heteroatoms. The summed E-state index contributed by atoms with van der Waals surface area (Å²) in [5, 5.41) is 0.127. The summed E-state index contributed by atoms with van der Waals surface area (Å²) in [6, 6.07) is 15.8. The van der Waals surface area contributed by atoms with Gasteiger partial charge in [-0.3, -0.25) is 0 Å². The lowest BCUT2D eigenvalue weighted by molar-refractivity contribution is 0.0600. The van der Waals surface area contributed by atoms with E-state index in [1.807, 2.05) is 6.07 Å². The van der Waals surface area contributed by atoms with Gasteiger partial charge in [-0.05, 0) is 47.5 Å². The number of halogens is 3. The van der Waals surface area contributed by atoms with E-state index >= 15 is 0 Å². The van der Waals surface area contributed by atoms with Crippen LogP contribution < -0.4 is 4.74 Å². The van der Waals surface area contributed by atoms with Crippen molar-refractivity contribution in [3.63, 3.8) is 0 Å². The van der Waals surface area contributed by atoms with E-state index < -0.39 is 17.6 Å². The van der Waals surface area contributed by atoms with Gasteiger partial charge in [0.1, 0.15) is 12.4 Å². The molecule has 0 aromatic heterocycles. The lowest BCUT2D eigenvalue weighted by Crippen LogP contribution is -2.03. The zero-order valence-electron chi connectivity index (χ0n) is 14.3. The third kappa shape index (κ3) is 4.44. The molecule has 0 saturated carbocycles. The van der Waals surface area contributed by atoms with Crippen molar-refractivity contribution >= 4 is 17.6 Å². The summed E-state index contributed by atoms with van der Waals surface area (Å²) >= 11 is 5.99. The molecule has 0 spiro atoms. The van der Waals surface area contributed by atoms with Crippen LogP contribution in [0.3, 0.4) is 0 Å². The number of rotatable bonds is 5. The smallest absolute Gasteiger partial charge is 0.337 e. The molecule has 0 fully saturated rings. The second kappa shape index (κ2) is 8.18. The molecule has 0 saturated heterocycles. The van der Waals surface area contributed by atoms with E-state index in [9.17, 15) is 13.6 Å². The molecule has 0 heterocycles. The molecule has 0 aliphatic carbocycles. The van der Waals surface area contributed by atoms with E-state index in [-0.39, 0.29) is 11.6 Å². The van der Waals surface area contributed by atoms with Crippen LogP contribution in [0.15, 0.2) is 60.7 Å². The highest BCUT2D eigenvalue weighted by Gasteiger charge is 2.10. The second-order valence-corrected chi connectivity index (χ2v) is 6.16. The Hall–Kier alpha value is -2.92. The van der Waals surface area contributed by atoms with Crippen molar-refractivity contribution in [1.82, 2.24) is 0 Å². The summed E-state index contributed by atoms with van der Waals surface area (Å²) < 4.78 is 37.0. The monoisotopic (exact) mass is 388 g/mol. The third-order valence-electron chi connectivity index (χ3n) is 3.93. The Morgan fingerprint density at radius 3 is 2.41 bits per heavy atom. The molecular formula is C21H15ClF2O3. The zero-order chi connectivity index (χ0) is 19.4. The number of carbonyl (C=O) groups is 1. The third-order valence-corrected chi connectivity index (χ3v) is 4.24. The standard InChI is InChI=1S/C21H15ClF2O3/c1-26-21(25)15-4-2-3-13(9-15)12-27-16-7-5-14(6-8-16)17-10-19(23)20(24)11-18(17)22/h2-11H,12H2,1H3. The average molecular weight is 389 g/mol. The summed E-state index contributed by atoms with van der Waals surface area (Å²) in [7, 11) is 1.33. The van der Waals surface area contributed by atoms with Crippen molar-refractivity contribution in [1.29, 1.82) is 0 Å². The molecule has 0 radical (unpaired) electrons. The number of ether oxygens (including phenoxy) is 2. The SMILES string of the molecule is COC(=O)c1cccc(COc2ccc(-c3cc(F)c(F)cc3Cl)cc2)c1. The van der Waals surface area contributed by atoms with E-state index in [0.29, 0.717) is 22.4 Å². The minimum absolute atomic E-state index is 0.127. The van der Waals surface area contributed by atoms with Crippen molar-refractivity contribution in [3.8, 4) is 16.9 Å². The highest BCUT2D eigenvalue weighted by Crippen LogP contribution is 2.31. The van der Waals surface area contributed by atoms with Crippen LogP contribution in [0.1, 0.15) is 15.9 Å². The van der Waals surface area contributed by atoms with Gasteiger partial charge >= 0.3 is 5.97 Å². The van der Waals surface area contributed by atoms with Crippen molar-refractivity contribution < 1.29 is 23.0 Å². The largest absolute Gasteiger partial charge is 0.489 e. The van der Waals surface area contributed by atoms with Gasteiger partial charge in [-0.15, -0.1) is 0 Å². The van der Waals surface area contributed by atoms with Gasteiger partial charge in [-0.1, -0.05) is 35.9 Å². The predicted octanol–water partition coefficient (Wildman–Crippen LogP) is 5.65. The number of methoxy groups -OCH3 is 1. The van der Waals surface area contributed by atoms with Gasteiger partial charge in [0.05, 0.1) is 17.7 Å². The lowest BCUT2D eigenvalue weighted by atomic mass is 10.1. The molecular weight excluding hydrogens is 374 g/mol. The summed E-state index contributed by atoms with van der Waals surface area (Å²) in [4.78, 5) is 11.6. The van der Waals surface area contributed by atoms with E-state index in [4.69, 9.17) is 21.1 Å². The normalized spacial score (nSPS) is 10.5. The number of hydrogen-bond donors (Lipinski definition) is 0. The van der Waals surface area contributed by atoms with E-state index in [0.717, 1.165) is 17.7 Å². The molecule has 0 amide bonds. The summed E-state index contributed by atoms with van der Waals surface area (Å²) in [6.45, 7) is 0.260. The van der Waals surface area contributed by atoms with Gasteiger partial charge in [0.2, 0.25) is 0 Å². The Bertz CT molecular complexity index is 972. The van der Waals surface area contributed by atoms with Gasteiger partial charge < -0.3 is 9.47 Å². The average Bonchev–Trinajstić information content (AvgIpc) is 2.69. The number of hydrogen-bond acceptors (Lipinski definition) is 3. The van der Waals surface area contributed by atoms with Gasteiger partial charge in [0.25, 0.3) is 0 Å². The predicted molar refractivity (Wildman–Crippen MR) is 98.9 cm³/mol. The molecule has 0 bridgehead atoms. The first-order valence-electron chi connectivity index (χ1n) is 8.03. The fraction of sp³-hybridized carbons (Fsp3) is 0.0952. The fourth-order valence-electron chi connectivity index (χ4n) is 2.55. The van der Waals surface area contributed by atoms with Crippen LogP contribution in [0.25, 0.3) is 11.1 Å². The minimum Gasteiger partial charge on any atom is -0.489 e. The molecule has 138 valence electrons. The highest BCUT2D eigenvalue weighted by molar-refractivity contribution is 6.33. The van der Waals surface area contributed by atoms with Gasteiger partial charge in [0, 0.05) is 5.56 Å². The second-order valence-electron chi connectivity index (χ2n) is 5.75. The molecule has 0 aliphatic heterocycles. The Labute approximate surface area is 160 Å². The molecule has 3 aromatic rings. The first kappa shape index (κ1) is 18.9. The maximum Gasteiger partial charge on any atom is 0.337 e. The molecule has 0 aliphatic rings. The van der Waals surface area contributed by atoms with Crippen molar-refractivity contribution in [3.05, 3.63) is 88.4 Å². The van der Waals surface area contributed by atoms with E-state index in [1.165, 1.54) is 7.11 Å². The first-order chi connectivity index (χ1) is 13.0. The molecule has 3 nitrogen and oxygen atoms in total. The maximum absolute atomic E-state index is 13.5. The molecule has 3 aromatic carbocycles. The van der Waals surface area contributed by atoms with Crippen LogP contribution in [-0.2, 0) is 11.3 Å². The highest BCUT2D eigenvalue weighted by atomic mass is 35.5. The maximum atomic E-state index is 13.5. The fourth-order valence-corrected chi connectivity index (χ4v) is 2.81. The van der Waals surface area contributed by atoms with Gasteiger partial charge in [-0.25, -0.2) is 13.6 Å². The van der Waals surface area contributed by atoms with Crippen LogP contribution in [0.4, 0.5) is 8.78 Å². The summed E-state index contributed by atoms with van der Waals surface area (Å²) in [5.41, 5.74) is 2.29. The minimum atomic E-state index is -0.988. The van der Waals surface area contributed by atoms with Crippen LogP contribution in [0.5, 0.6) is 5.75 Å². The number of carbonyl (C=O) groups excluding carboxylic acids is 1. The van der Waals surface area contributed by atoms with E-state index in [2.05, 4.69) is 0 Å². The molecule has 0 N–H and O–H groups in total. The molecule has 3 rings (SSSR count).